The maximum atomic E-state index is 12.3. The lowest BCUT2D eigenvalue weighted by molar-refractivity contribution is -0.123. The number of carbonyl (C=O) groups excluding carboxylic acids is 1. The highest BCUT2D eigenvalue weighted by molar-refractivity contribution is 5.87. The van der Waals surface area contributed by atoms with Gasteiger partial charge in [-0.05, 0) is 43.2 Å². The molecule has 0 aromatic heterocycles. The number of benzene rings is 1. The van der Waals surface area contributed by atoms with Crippen molar-refractivity contribution in [2.75, 3.05) is 0 Å². The molecule has 1 nitrogen and oxygen atoms in total. The van der Waals surface area contributed by atoms with E-state index < -0.39 is 0 Å². The van der Waals surface area contributed by atoms with Crippen molar-refractivity contribution in [1.82, 2.24) is 0 Å². The first-order chi connectivity index (χ1) is 8.74. The van der Waals surface area contributed by atoms with Crippen molar-refractivity contribution >= 4 is 5.78 Å². The van der Waals surface area contributed by atoms with Gasteiger partial charge >= 0.3 is 0 Å². The van der Waals surface area contributed by atoms with E-state index in [0.717, 1.165) is 12.8 Å². The number of carbonyl (C=O) groups is 1. The Bertz CT molecular complexity index is 408. The molecule has 1 fully saturated rings. The summed E-state index contributed by atoms with van der Waals surface area (Å²) in [5, 5.41) is 0. The summed E-state index contributed by atoms with van der Waals surface area (Å²) in [6.45, 7) is 4.36. The van der Waals surface area contributed by atoms with Gasteiger partial charge in [0.05, 0.1) is 0 Å². The predicted octanol–water partition coefficient (Wildman–Crippen LogP) is 4.64. The maximum absolute atomic E-state index is 12.3. The Hall–Kier alpha value is -1.11. The molecule has 0 aliphatic heterocycles. The van der Waals surface area contributed by atoms with E-state index in [1.807, 2.05) is 0 Å². The van der Waals surface area contributed by atoms with Crippen molar-refractivity contribution in [2.24, 2.45) is 5.92 Å². The van der Waals surface area contributed by atoms with E-state index in [-0.39, 0.29) is 5.92 Å². The fraction of sp³-hybridized carbons (Fsp3) is 0.588. The van der Waals surface area contributed by atoms with Crippen LogP contribution < -0.4 is 0 Å². The van der Waals surface area contributed by atoms with Crippen LogP contribution in [0.15, 0.2) is 24.3 Å². The zero-order valence-corrected chi connectivity index (χ0v) is 11.6. The molecule has 0 unspecified atom stereocenters. The summed E-state index contributed by atoms with van der Waals surface area (Å²) in [5.74, 6) is 1.22. The second-order valence-corrected chi connectivity index (χ2v) is 5.60. The largest absolute Gasteiger partial charge is 0.299 e. The topological polar surface area (TPSA) is 17.1 Å². The lowest BCUT2D eigenvalue weighted by atomic mass is 9.71. The van der Waals surface area contributed by atoms with Gasteiger partial charge in [-0.3, -0.25) is 4.79 Å². The van der Waals surface area contributed by atoms with Crippen LogP contribution in [0.2, 0.25) is 0 Å². The average molecular weight is 244 g/mol. The van der Waals surface area contributed by atoms with Gasteiger partial charge in [-0.1, -0.05) is 44.0 Å². The lowest BCUT2D eigenvalue weighted by Gasteiger charge is -2.31. The van der Waals surface area contributed by atoms with Crippen LogP contribution in [-0.4, -0.2) is 5.78 Å². The van der Waals surface area contributed by atoms with Gasteiger partial charge in [-0.2, -0.15) is 0 Å². The van der Waals surface area contributed by atoms with Crippen LogP contribution in [0.5, 0.6) is 0 Å². The zero-order valence-electron chi connectivity index (χ0n) is 11.6. The van der Waals surface area contributed by atoms with Gasteiger partial charge in [0, 0.05) is 12.3 Å². The molecule has 0 spiro atoms. The molecule has 1 aliphatic carbocycles. The molecule has 1 aromatic rings. The molecule has 1 aliphatic rings. The Morgan fingerprint density at radius 2 is 2.06 bits per heavy atom. The van der Waals surface area contributed by atoms with Gasteiger partial charge in [-0.15, -0.1) is 0 Å². The minimum Gasteiger partial charge on any atom is -0.299 e. The quantitative estimate of drug-likeness (QED) is 0.754. The number of rotatable bonds is 4. The third-order valence-electron chi connectivity index (χ3n) is 4.27. The molecular weight excluding hydrogens is 220 g/mol. The number of unbranched alkanes of at least 4 members (excludes halogenated alkanes) is 1. The van der Waals surface area contributed by atoms with Crippen molar-refractivity contribution in [3.63, 3.8) is 0 Å². The molecule has 0 heterocycles. The molecule has 0 radical (unpaired) electrons. The summed E-state index contributed by atoms with van der Waals surface area (Å²) in [4.78, 5) is 12.3. The SMILES string of the molecule is CCCC[C@@H]1CCCC(=O)[C@H]1c1ccccc1C. The van der Waals surface area contributed by atoms with Crippen molar-refractivity contribution in [2.45, 2.75) is 58.3 Å². The van der Waals surface area contributed by atoms with Crippen LogP contribution in [0.4, 0.5) is 0 Å². The van der Waals surface area contributed by atoms with E-state index in [0.29, 0.717) is 11.7 Å². The molecule has 18 heavy (non-hydrogen) atoms. The predicted molar refractivity (Wildman–Crippen MR) is 75.8 cm³/mol. The molecule has 1 aromatic carbocycles. The molecular formula is C17H24O. The first kappa shape index (κ1) is 13.3. The summed E-state index contributed by atoms with van der Waals surface area (Å²) in [6, 6.07) is 8.42. The third-order valence-corrected chi connectivity index (χ3v) is 4.27. The fourth-order valence-corrected chi connectivity index (χ4v) is 3.26. The monoisotopic (exact) mass is 244 g/mol. The average Bonchev–Trinajstić information content (AvgIpc) is 2.38. The number of Topliss-reactive ketones (excluding diaryl/α,β-unsaturated/α-hetero) is 1. The standard InChI is InChI=1S/C17H24O/c1-3-4-9-14-10-7-12-16(18)17(14)15-11-6-5-8-13(15)2/h5-6,8,11,14,17H,3-4,7,9-10,12H2,1-2H3/t14-,17-/m1/s1. The van der Waals surface area contributed by atoms with E-state index in [9.17, 15) is 4.79 Å². The van der Waals surface area contributed by atoms with Gasteiger partial charge in [0.15, 0.2) is 0 Å². The van der Waals surface area contributed by atoms with Crippen molar-refractivity contribution in [3.8, 4) is 0 Å². The minimum atomic E-state index is 0.173. The molecule has 2 rings (SSSR count). The molecule has 0 N–H and O–H groups in total. The van der Waals surface area contributed by atoms with Gasteiger partial charge in [0.2, 0.25) is 0 Å². The second-order valence-electron chi connectivity index (χ2n) is 5.60. The van der Waals surface area contributed by atoms with Gasteiger partial charge in [-0.25, -0.2) is 0 Å². The summed E-state index contributed by atoms with van der Waals surface area (Å²) in [7, 11) is 0. The second kappa shape index (κ2) is 6.17. The summed E-state index contributed by atoms with van der Waals surface area (Å²) in [5.41, 5.74) is 2.56. The van der Waals surface area contributed by atoms with Crippen molar-refractivity contribution < 1.29 is 4.79 Å². The van der Waals surface area contributed by atoms with Crippen LogP contribution in [0.25, 0.3) is 0 Å². The van der Waals surface area contributed by atoms with Crippen molar-refractivity contribution in [1.29, 1.82) is 0 Å². The molecule has 0 amide bonds. The summed E-state index contributed by atoms with van der Waals surface area (Å²) < 4.78 is 0. The highest BCUT2D eigenvalue weighted by atomic mass is 16.1. The number of hydrogen-bond donors (Lipinski definition) is 0. The van der Waals surface area contributed by atoms with Crippen LogP contribution in [0, 0.1) is 12.8 Å². The Labute approximate surface area is 111 Å². The first-order valence-corrected chi connectivity index (χ1v) is 7.32. The van der Waals surface area contributed by atoms with E-state index in [1.165, 1.54) is 36.8 Å². The summed E-state index contributed by atoms with van der Waals surface area (Å²) in [6.07, 6.45) is 6.79. The molecule has 2 atom stereocenters. The molecule has 0 saturated heterocycles. The van der Waals surface area contributed by atoms with Crippen LogP contribution in [0.3, 0.4) is 0 Å². The minimum absolute atomic E-state index is 0.173. The molecule has 98 valence electrons. The van der Waals surface area contributed by atoms with Crippen molar-refractivity contribution in [3.05, 3.63) is 35.4 Å². The van der Waals surface area contributed by atoms with Crippen LogP contribution in [-0.2, 0) is 4.79 Å². The lowest BCUT2D eigenvalue weighted by Crippen LogP contribution is -2.27. The number of hydrogen-bond acceptors (Lipinski definition) is 1. The maximum Gasteiger partial charge on any atom is 0.140 e. The molecule has 1 heteroatoms. The van der Waals surface area contributed by atoms with E-state index >= 15 is 0 Å². The Morgan fingerprint density at radius 3 is 2.78 bits per heavy atom. The first-order valence-electron chi connectivity index (χ1n) is 7.32. The fourth-order valence-electron chi connectivity index (χ4n) is 3.26. The third kappa shape index (κ3) is 2.82. The smallest absolute Gasteiger partial charge is 0.140 e. The zero-order chi connectivity index (χ0) is 13.0. The van der Waals surface area contributed by atoms with E-state index in [2.05, 4.69) is 38.1 Å². The molecule has 0 bridgehead atoms. The van der Waals surface area contributed by atoms with Crippen LogP contribution in [0.1, 0.15) is 62.5 Å². The van der Waals surface area contributed by atoms with Gasteiger partial charge in [0.25, 0.3) is 0 Å². The van der Waals surface area contributed by atoms with E-state index in [1.54, 1.807) is 0 Å². The number of aryl methyl sites for hydroxylation is 1. The Morgan fingerprint density at radius 1 is 1.28 bits per heavy atom. The van der Waals surface area contributed by atoms with Gasteiger partial charge in [0.1, 0.15) is 5.78 Å². The van der Waals surface area contributed by atoms with E-state index in [4.69, 9.17) is 0 Å². The van der Waals surface area contributed by atoms with Gasteiger partial charge < -0.3 is 0 Å². The highest BCUT2D eigenvalue weighted by Crippen LogP contribution is 2.39. The number of ketones is 1. The summed E-state index contributed by atoms with van der Waals surface area (Å²) >= 11 is 0. The highest BCUT2D eigenvalue weighted by Gasteiger charge is 2.33. The molecule has 1 saturated carbocycles. The van der Waals surface area contributed by atoms with Crippen LogP contribution >= 0.6 is 0 Å². The Balaban J connectivity index is 2.24. The normalized spacial score (nSPS) is 24.2. The Kier molecular flexibility index (Phi) is 4.57.